The Morgan fingerprint density at radius 3 is 2.55 bits per heavy atom. The molecule has 9 heteroatoms. The van der Waals surface area contributed by atoms with E-state index in [9.17, 15) is 27.2 Å². The zero-order valence-electron chi connectivity index (χ0n) is 15.3. The van der Waals surface area contributed by atoms with Crippen molar-refractivity contribution in [3.05, 3.63) is 65.5 Å². The summed E-state index contributed by atoms with van der Waals surface area (Å²) in [4.78, 5) is 25.7. The van der Waals surface area contributed by atoms with E-state index in [0.29, 0.717) is 13.1 Å². The fourth-order valence-corrected chi connectivity index (χ4v) is 3.14. The number of urea groups is 1. The fraction of sp³-hybridized carbons (Fsp3) is 0.300. The van der Waals surface area contributed by atoms with Crippen LogP contribution in [0.1, 0.15) is 17.5 Å². The highest BCUT2D eigenvalue weighted by molar-refractivity contribution is 5.89. The van der Waals surface area contributed by atoms with Gasteiger partial charge in [0.2, 0.25) is 5.91 Å². The maximum Gasteiger partial charge on any atom is 0.416 e. The SMILES string of the molecule is O=C(NC[C@@H]1CC(=O)N(Cc2ccc(F)cc2)C1)Nc1cccc(C(F)(F)F)c1. The average Bonchev–Trinajstić information content (AvgIpc) is 3.01. The first-order chi connectivity index (χ1) is 13.7. The lowest BCUT2D eigenvalue weighted by Gasteiger charge is -2.17. The first kappa shape index (κ1) is 20.6. The summed E-state index contributed by atoms with van der Waals surface area (Å²) in [5.41, 5.74) is -0.0264. The lowest BCUT2D eigenvalue weighted by Crippen LogP contribution is -2.34. The number of rotatable bonds is 5. The minimum atomic E-state index is -4.49. The Morgan fingerprint density at radius 2 is 1.86 bits per heavy atom. The van der Waals surface area contributed by atoms with Gasteiger partial charge in [-0.05, 0) is 35.9 Å². The number of amides is 3. The summed E-state index contributed by atoms with van der Waals surface area (Å²) < 4.78 is 51.1. The highest BCUT2D eigenvalue weighted by atomic mass is 19.4. The van der Waals surface area contributed by atoms with Gasteiger partial charge in [0.05, 0.1) is 5.56 Å². The van der Waals surface area contributed by atoms with Crippen LogP contribution in [-0.4, -0.2) is 29.9 Å². The van der Waals surface area contributed by atoms with Crippen LogP contribution >= 0.6 is 0 Å². The molecule has 0 spiro atoms. The molecule has 1 aliphatic rings. The zero-order chi connectivity index (χ0) is 21.0. The molecule has 29 heavy (non-hydrogen) atoms. The predicted octanol–water partition coefficient (Wildman–Crippen LogP) is 4.01. The Hall–Kier alpha value is -3.10. The second-order valence-electron chi connectivity index (χ2n) is 6.88. The molecule has 0 radical (unpaired) electrons. The van der Waals surface area contributed by atoms with Gasteiger partial charge < -0.3 is 15.5 Å². The number of nitrogens with zero attached hydrogens (tertiary/aromatic N) is 1. The third kappa shape index (κ3) is 5.69. The van der Waals surface area contributed by atoms with Crippen LogP contribution in [0, 0.1) is 11.7 Å². The minimum Gasteiger partial charge on any atom is -0.338 e. The van der Waals surface area contributed by atoms with Crippen LogP contribution < -0.4 is 10.6 Å². The number of hydrogen-bond donors (Lipinski definition) is 2. The van der Waals surface area contributed by atoms with Crippen molar-refractivity contribution in [3.8, 4) is 0 Å². The van der Waals surface area contributed by atoms with E-state index >= 15 is 0 Å². The highest BCUT2D eigenvalue weighted by Gasteiger charge is 2.31. The Labute approximate surface area is 164 Å². The molecule has 0 aliphatic carbocycles. The molecule has 2 aromatic carbocycles. The Balaban J connectivity index is 1.48. The highest BCUT2D eigenvalue weighted by Crippen LogP contribution is 2.30. The second kappa shape index (κ2) is 8.50. The number of nitrogens with one attached hydrogen (secondary N) is 2. The van der Waals surface area contributed by atoms with Crippen LogP contribution in [-0.2, 0) is 17.5 Å². The topological polar surface area (TPSA) is 61.4 Å². The molecule has 0 bridgehead atoms. The summed E-state index contributed by atoms with van der Waals surface area (Å²) in [6, 6.07) is 9.56. The quantitative estimate of drug-likeness (QED) is 0.733. The number of halogens is 4. The summed E-state index contributed by atoms with van der Waals surface area (Å²) >= 11 is 0. The number of alkyl halides is 3. The van der Waals surface area contributed by atoms with Gasteiger partial charge in [0, 0.05) is 37.7 Å². The molecule has 0 unspecified atom stereocenters. The van der Waals surface area contributed by atoms with Crippen molar-refractivity contribution >= 4 is 17.6 Å². The van der Waals surface area contributed by atoms with Crippen LogP contribution in [0.25, 0.3) is 0 Å². The summed E-state index contributed by atoms with van der Waals surface area (Å²) in [7, 11) is 0. The van der Waals surface area contributed by atoms with Crippen molar-refractivity contribution in [2.45, 2.75) is 19.1 Å². The molecule has 5 nitrogen and oxygen atoms in total. The molecule has 1 aliphatic heterocycles. The van der Waals surface area contributed by atoms with E-state index in [1.54, 1.807) is 17.0 Å². The van der Waals surface area contributed by atoms with Crippen molar-refractivity contribution in [2.24, 2.45) is 5.92 Å². The predicted molar refractivity (Wildman–Crippen MR) is 98.4 cm³/mol. The first-order valence-electron chi connectivity index (χ1n) is 8.95. The molecule has 2 N–H and O–H groups in total. The van der Waals surface area contributed by atoms with E-state index in [0.717, 1.165) is 17.7 Å². The molecule has 1 atom stereocenters. The molecule has 1 heterocycles. The molecule has 154 valence electrons. The number of carbonyl (C=O) groups is 2. The van der Waals surface area contributed by atoms with Gasteiger partial charge in [-0.2, -0.15) is 13.2 Å². The Bertz CT molecular complexity index is 884. The van der Waals surface area contributed by atoms with Gasteiger partial charge in [-0.3, -0.25) is 4.79 Å². The molecule has 1 saturated heterocycles. The number of carbonyl (C=O) groups excluding carboxylic acids is 2. The van der Waals surface area contributed by atoms with Gasteiger partial charge in [0.1, 0.15) is 5.82 Å². The van der Waals surface area contributed by atoms with Gasteiger partial charge in [0.15, 0.2) is 0 Å². The third-order valence-corrected chi connectivity index (χ3v) is 4.58. The van der Waals surface area contributed by atoms with Crippen molar-refractivity contribution < 1.29 is 27.2 Å². The van der Waals surface area contributed by atoms with Crippen molar-refractivity contribution in [2.75, 3.05) is 18.4 Å². The number of benzene rings is 2. The van der Waals surface area contributed by atoms with E-state index in [1.165, 1.54) is 24.3 Å². The van der Waals surface area contributed by atoms with Crippen molar-refractivity contribution in [1.82, 2.24) is 10.2 Å². The summed E-state index contributed by atoms with van der Waals surface area (Å²) in [5, 5.41) is 4.95. The largest absolute Gasteiger partial charge is 0.416 e. The maximum atomic E-state index is 13.0. The van der Waals surface area contributed by atoms with E-state index in [1.807, 2.05) is 0 Å². The van der Waals surface area contributed by atoms with E-state index in [4.69, 9.17) is 0 Å². The lowest BCUT2D eigenvalue weighted by atomic mass is 10.1. The van der Waals surface area contributed by atoms with Crippen molar-refractivity contribution in [1.29, 1.82) is 0 Å². The number of hydrogen-bond acceptors (Lipinski definition) is 2. The summed E-state index contributed by atoms with van der Waals surface area (Å²) in [6.07, 6.45) is -4.24. The Morgan fingerprint density at radius 1 is 1.14 bits per heavy atom. The fourth-order valence-electron chi connectivity index (χ4n) is 3.14. The first-order valence-corrected chi connectivity index (χ1v) is 8.95. The second-order valence-corrected chi connectivity index (χ2v) is 6.88. The number of likely N-dealkylation sites (tertiary alicyclic amines) is 1. The molecule has 3 rings (SSSR count). The van der Waals surface area contributed by atoms with Crippen molar-refractivity contribution in [3.63, 3.8) is 0 Å². The molecule has 0 aromatic heterocycles. The lowest BCUT2D eigenvalue weighted by molar-refractivity contribution is -0.137. The standard InChI is InChI=1S/C20H19F4N3O2/c21-16-6-4-13(5-7-16)11-27-12-14(8-18(27)28)10-25-19(29)26-17-3-1-2-15(9-17)20(22,23)24/h1-7,9,14H,8,10-12H2,(H2,25,26,29)/t14-/m0/s1. The Kier molecular flexibility index (Phi) is 6.05. The normalized spacial score (nSPS) is 16.8. The smallest absolute Gasteiger partial charge is 0.338 e. The number of anilines is 1. The van der Waals surface area contributed by atoms with Crippen LogP contribution in [0.2, 0.25) is 0 Å². The van der Waals surface area contributed by atoms with Crippen LogP contribution in [0.3, 0.4) is 0 Å². The minimum absolute atomic E-state index is 0.0257. The van der Waals surface area contributed by atoms with Crippen LogP contribution in [0.4, 0.5) is 28.0 Å². The molecular formula is C20H19F4N3O2. The maximum absolute atomic E-state index is 13.0. The van der Waals surface area contributed by atoms with Gasteiger partial charge >= 0.3 is 12.2 Å². The van der Waals surface area contributed by atoms with Gasteiger partial charge in [0.25, 0.3) is 0 Å². The van der Waals surface area contributed by atoms with Gasteiger partial charge in [-0.25, -0.2) is 9.18 Å². The molecule has 0 saturated carbocycles. The molecule has 3 amide bonds. The summed E-state index contributed by atoms with van der Waals surface area (Å²) in [5.74, 6) is -0.537. The van der Waals surface area contributed by atoms with Gasteiger partial charge in [-0.1, -0.05) is 18.2 Å². The van der Waals surface area contributed by atoms with E-state index < -0.39 is 17.8 Å². The molecular weight excluding hydrogens is 390 g/mol. The zero-order valence-corrected chi connectivity index (χ0v) is 15.3. The monoisotopic (exact) mass is 409 g/mol. The van der Waals surface area contributed by atoms with E-state index in [-0.39, 0.29) is 36.3 Å². The van der Waals surface area contributed by atoms with Crippen LogP contribution in [0.15, 0.2) is 48.5 Å². The van der Waals surface area contributed by atoms with Gasteiger partial charge in [-0.15, -0.1) is 0 Å². The average molecular weight is 409 g/mol. The third-order valence-electron chi connectivity index (χ3n) is 4.58. The summed E-state index contributed by atoms with van der Waals surface area (Å²) in [6.45, 7) is 0.989. The van der Waals surface area contributed by atoms with Crippen LogP contribution in [0.5, 0.6) is 0 Å². The molecule has 1 fully saturated rings. The molecule has 2 aromatic rings. The van der Waals surface area contributed by atoms with E-state index in [2.05, 4.69) is 10.6 Å².